The lowest BCUT2D eigenvalue weighted by Gasteiger charge is -2.29. The first kappa shape index (κ1) is 18.4. The Morgan fingerprint density at radius 3 is 2.92 bits per heavy atom. The van der Waals surface area contributed by atoms with Crippen LogP contribution in [0.15, 0.2) is 11.4 Å². The summed E-state index contributed by atoms with van der Waals surface area (Å²) in [5, 5.41) is 4.85. The number of anilines is 1. The Balaban J connectivity index is 1.70. The van der Waals surface area contributed by atoms with Crippen molar-refractivity contribution < 1.29 is 4.79 Å². The number of nitrogens with one attached hydrogen (secondary N) is 1. The summed E-state index contributed by atoms with van der Waals surface area (Å²) in [7, 11) is 0. The van der Waals surface area contributed by atoms with Gasteiger partial charge >= 0.3 is 0 Å². The number of thiazole rings is 1. The molecule has 1 N–H and O–H groups in total. The van der Waals surface area contributed by atoms with Crippen LogP contribution in [0.4, 0.5) is 5.13 Å². The molecule has 2 aromatic heterocycles. The van der Waals surface area contributed by atoms with E-state index in [2.05, 4.69) is 34.0 Å². The van der Waals surface area contributed by atoms with Gasteiger partial charge in [-0.3, -0.25) is 4.79 Å². The number of aromatic nitrogens is 3. The van der Waals surface area contributed by atoms with Gasteiger partial charge in [0.2, 0.25) is 5.91 Å². The second-order valence-corrected chi connectivity index (χ2v) is 8.60. The zero-order valence-corrected chi connectivity index (χ0v) is 16.6. The number of rotatable bonds is 6. The molecule has 136 valence electrons. The molecule has 8 heteroatoms. The summed E-state index contributed by atoms with van der Waals surface area (Å²) in [6.07, 6.45) is 4.89. The fraction of sp³-hybridized carbons (Fsp3) is 0.647. The van der Waals surface area contributed by atoms with Crippen LogP contribution in [0.1, 0.15) is 40.0 Å². The second-order valence-electron chi connectivity index (χ2n) is 6.66. The smallest absolute Gasteiger partial charge is 0.230 e. The molecule has 0 saturated carbocycles. The standard InChI is InChI=1S/C17H25N5OS2/c1-4-12(3)20-13(23)9-24-16-14-15(18-10-19-16)21-17(25-14)22-7-5-11(2)6-8-22/h10-12H,4-9H2,1-3H3,(H,20,23)/t12-/m1/s1. The molecule has 2 aromatic rings. The molecule has 1 aliphatic heterocycles. The Morgan fingerprint density at radius 2 is 2.20 bits per heavy atom. The number of fused-ring (bicyclic) bond motifs is 1. The first-order chi connectivity index (χ1) is 12.1. The fourth-order valence-electron chi connectivity index (χ4n) is 2.71. The average Bonchev–Trinajstić information content (AvgIpc) is 3.05. The van der Waals surface area contributed by atoms with Gasteiger partial charge in [0.15, 0.2) is 10.8 Å². The number of carbonyl (C=O) groups excluding carboxylic acids is 1. The number of nitrogens with zero attached hydrogens (tertiary/aromatic N) is 4. The summed E-state index contributed by atoms with van der Waals surface area (Å²) < 4.78 is 0.984. The largest absolute Gasteiger partial charge is 0.353 e. The van der Waals surface area contributed by atoms with Crippen LogP contribution < -0.4 is 10.2 Å². The molecule has 3 heterocycles. The van der Waals surface area contributed by atoms with Gasteiger partial charge < -0.3 is 10.2 Å². The van der Waals surface area contributed by atoms with E-state index >= 15 is 0 Å². The summed E-state index contributed by atoms with van der Waals surface area (Å²) in [5.74, 6) is 1.20. The van der Waals surface area contributed by atoms with Gasteiger partial charge in [0, 0.05) is 19.1 Å². The lowest BCUT2D eigenvalue weighted by atomic mass is 10.00. The summed E-state index contributed by atoms with van der Waals surface area (Å²) in [6.45, 7) is 8.48. The topological polar surface area (TPSA) is 71.0 Å². The van der Waals surface area contributed by atoms with Gasteiger partial charge in [0.1, 0.15) is 16.1 Å². The maximum absolute atomic E-state index is 12.0. The highest BCUT2D eigenvalue weighted by atomic mass is 32.2. The fourth-order valence-corrected chi connectivity index (χ4v) is 4.67. The third-order valence-corrected chi connectivity index (χ3v) is 6.79. The molecule has 25 heavy (non-hydrogen) atoms. The highest BCUT2D eigenvalue weighted by Crippen LogP contribution is 2.35. The van der Waals surface area contributed by atoms with Crippen LogP contribution in [0.5, 0.6) is 0 Å². The molecule has 1 fully saturated rings. The molecule has 0 aliphatic carbocycles. The third-order valence-electron chi connectivity index (χ3n) is 4.56. The SMILES string of the molecule is CC[C@@H](C)NC(=O)CSc1ncnc2nc(N3CCC(C)CC3)sc12. The molecule has 3 rings (SSSR count). The lowest BCUT2D eigenvalue weighted by Crippen LogP contribution is -2.33. The molecule has 0 bridgehead atoms. The predicted molar refractivity (Wildman–Crippen MR) is 104 cm³/mol. The van der Waals surface area contributed by atoms with Crippen molar-refractivity contribution in [3.05, 3.63) is 6.33 Å². The number of hydrogen-bond acceptors (Lipinski definition) is 7. The van der Waals surface area contributed by atoms with Crippen molar-refractivity contribution in [1.29, 1.82) is 0 Å². The number of piperidine rings is 1. The van der Waals surface area contributed by atoms with Gasteiger partial charge in [-0.15, -0.1) is 0 Å². The van der Waals surface area contributed by atoms with Crippen LogP contribution in [-0.4, -0.2) is 45.7 Å². The normalized spacial score (nSPS) is 17.0. The van der Waals surface area contributed by atoms with Crippen LogP contribution in [0.3, 0.4) is 0 Å². The Hall–Kier alpha value is -1.41. The van der Waals surface area contributed by atoms with Crippen molar-refractivity contribution in [2.45, 2.75) is 51.1 Å². The molecule has 1 amide bonds. The molecule has 0 radical (unpaired) electrons. The summed E-state index contributed by atoms with van der Waals surface area (Å²) in [6, 6.07) is 0.204. The van der Waals surface area contributed by atoms with Crippen LogP contribution in [0.2, 0.25) is 0 Å². The van der Waals surface area contributed by atoms with Gasteiger partial charge in [-0.25, -0.2) is 9.97 Å². The molecule has 6 nitrogen and oxygen atoms in total. The zero-order valence-electron chi connectivity index (χ0n) is 15.0. The summed E-state index contributed by atoms with van der Waals surface area (Å²) in [4.78, 5) is 27.7. The molecule has 1 atom stereocenters. The van der Waals surface area contributed by atoms with E-state index in [1.165, 1.54) is 24.6 Å². The Labute approximate surface area is 156 Å². The van der Waals surface area contributed by atoms with E-state index in [9.17, 15) is 4.79 Å². The van der Waals surface area contributed by atoms with E-state index in [0.29, 0.717) is 5.75 Å². The highest BCUT2D eigenvalue weighted by molar-refractivity contribution is 8.00. The molecule has 0 spiro atoms. The predicted octanol–water partition coefficient (Wildman–Crippen LogP) is 3.33. The first-order valence-electron chi connectivity index (χ1n) is 8.85. The molecule has 0 unspecified atom stereocenters. The number of thioether (sulfide) groups is 1. The zero-order chi connectivity index (χ0) is 17.8. The van der Waals surface area contributed by atoms with Crippen molar-refractivity contribution >= 4 is 44.5 Å². The number of carbonyl (C=O) groups is 1. The van der Waals surface area contributed by atoms with Crippen LogP contribution in [0.25, 0.3) is 10.3 Å². The maximum atomic E-state index is 12.0. The summed E-state index contributed by atoms with van der Waals surface area (Å²) in [5.41, 5.74) is 0.735. The van der Waals surface area contributed by atoms with Gasteiger partial charge in [-0.2, -0.15) is 4.98 Å². The Bertz CT molecular complexity index is 727. The Morgan fingerprint density at radius 1 is 1.44 bits per heavy atom. The van der Waals surface area contributed by atoms with Gasteiger partial charge in [-0.1, -0.05) is 36.9 Å². The van der Waals surface area contributed by atoms with Gasteiger partial charge in [0.25, 0.3) is 0 Å². The van der Waals surface area contributed by atoms with E-state index in [1.54, 1.807) is 17.7 Å². The minimum atomic E-state index is 0.0425. The Kier molecular flexibility index (Phi) is 6.11. The monoisotopic (exact) mass is 379 g/mol. The van der Waals surface area contributed by atoms with Crippen LogP contribution >= 0.6 is 23.1 Å². The first-order valence-corrected chi connectivity index (χ1v) is 10.7. The number of amides is 1. The molecule has 1 saturated heterocycles. The lowest BCUT2D eigenvalue weighted by molar-refractivity contribution is -0.119. The third kappa shape index (κ3) is 4.61. The van der Waals surface area contributed by atoms with Crippen molar-refractivity contribution in [1.82, 2.24) is 20.3 Å². The minimum absolute atomic E-state index is 0.0425. The van der Waals surface area contributed by atoms with Gasteiger partial charge in [0.05, 0.1) is 5.75 Å². The summed E-state index contributed by atoms with van der Waals surface area (Å²) >= 11 is 3.10. The second kappa shape index (κ2) is 8.31. The van der Waals surface area contributed by atoms with E-state index in [0.717, 1.165) is 45.9 Å². The maximum Gasteiger partial charge on any atom is 0.230 e. The molecule has 1 aliphatic rings. The minimum Gasteiger partial charge on any atom is -0.353 e. The van der Waals surface area contributed by atoms with Crippen LogP contribution in [0, 0.1) is 5.92 Å². The highest BCUT2D eigenvalue weighted by Gasteiger charge is 2.20. The van der Waals surface area contributed by atoms with E-state index in [-0.39, 0.29) is 11.9 Å². The average molecular weight is 380 g/mol. The molecule has 0 aromatic carbocycles. The van der Waals surface area contributed by atoms with Gasteiger partial charge in [-0.05, 0) is 32.1 Å². The van der Waals surface area contributed by atoms with E-state index < -0.39 is 0 Å². The quantitative estimate of drug-likeness (QED) is 0.613. The van der Waals surface area contributed by atoms with E-state index in [1.807, 2.05) is 6.92 Å². The van der Waals surface area contributed by atoms with Crippen molar-refractivity contribution in [3.63, 3.8) is 0 Å². The van der Waals surface area contributed by atoms with Crippen molar-refractivity contribution in [3.8, 4) is 0 Å². The van der Waals surface area contributed by atoms with Crippen LogP contribution in [-0.2, 0) is 4.79 Å². The van der Waals surface area contributed by atoms with Crippen molar-refractivity contribution in [2.24, 2.45) is 5.92 Å². The van der Waals surface area contributed by atoms with E-state index in [4.69, 9.17) is 4.98 Å². The molecular weight excluding hydrogens is 354 g/mol. The molecular formula is C17H25N5OS2. The number of hydrogen-bond donors (Lipinski definition) is 1. The van der Waals surface area contributed by atoms with Crippen molar-refractivity contribution in [2.75, 3.05) is 23.7 Å².